The van der Waals surface area contributed by atoms with Crippen LogP contribution in [0.3, 0.4) is 0 Å². The molecule has 2 rings (SSSR count). The van der Waals surface area contributed by atoms with Crippen LogP contribution in [0.1, 0.15) is 16.1 Å². The van der Waals surface area contributed by atoms with Gasteiger partial charge in [0.2, 0.25) is 5.88 Å². The summed E-state index contributed by atoms with van der Waals surface area (Å²) < 4.78 is 5.05. The molecule has 0 aliphatic carbocycles. The number of hydrogen-bond donors (Lipinski definition) is 2. The van der Waals surface area contributed by atoms with E-state index in [2.05, 4.69) is 15.2 Å². The number of aromatic carboxylic acids is 1. The fraction of sp³-hybridized carbons (Fsp3) is 0.182. The van der Waals surface area contributed by atoms with Gasteiger partial charge in [0.05, 0.1) is 12.8 Å². The highest BCUT2D eigenvalue weighted by molar-refractivity contribution is 5.86. The Morgan fingerprint density at radius 3 is 2.76 bits per heavy atom. The first-order chi connectivity index (χ1) is 8.11. The maximum Gasteiger partial charge on any atom is 0.353 e. The van der Waals surface area contributed by atoms with Crippen LogP contribution in [0.25, 0.3) is 11.3 Å². The third-order valence-corrected chi connectivity index (χ3v) is 2.33. The number of methoxy groups -OCH3 is 1. The smallest absolute Gasteiger partial charge is 0.353 e. The molecule has 88 valence electrons. The van der Waals surface area contributed by atoms with Crippen LogP contribution < -0.4 is 4.74 Å². The summed E-state index contributed by atoms with van der Waals surface area (Å²) in [6.07, 6.45) is 1.59. The molecule has 0 saturated carbocycles. The number of carboxylic acids is 1. The second kappa shape index (κ2) is 4.25. The van der Waals surface area contributed by atoms with Crippen molar-refractivity contribution in [3.63, 3.8) is 0 Å². The SMILES string of the molecule is COc1ncc(-c2cc(C(=O)O)[nH]n2)cc1C. The predicted octanol–water partition coefficient (Wildman–Crippen LogP) is 1.49. The lowest BCUT2D eigenvalue weighted by atomic mass is 10.1. The molecule has 0 amide bonds. The van der Waals surface area contributed by atoms with E-state index in [0.717, 1.165) is 11.1 Å². The highest BCUT2D eigenvalue weighted by Gasteiger charge is 2.10. The first-order valence-electron chi connectivity index (χ1n) is 4.91. The maximum absolute atomic E-state index is 10.7. The van der Waals surface area contributed by atoms with Crippen molar-refractivity contribution in [1.82, 2.24) is 15.2 Å². The minimum absolute atomic E-state index is 0.0495. The monoisotopic (exact) mass is 233 g/mol. The number of aromatic amines is 1. The van der Waals surface area contributed by atoms with Gasteiger partial charge in [-0.25, -0.2) is 9.78 Å². The van der Waals surface area contributed by atoms with Gasteiger partial charge < -0.3 is 9.84 Å². The number of ether oxygens (including phenoxy) is 1. The molecule has 0 saturated heterocycles. The molecule has 2 heterocycles. The number of carboxylic acid groups (broad SMARTS) is 1. The van der Waals surface area contributed by atoms with Gasteiger partial charge in [0.1, 0.15) is 5.69 Å². The summed E-state index contributed by atoms with van der Waals surface area (Å²) in [4.78, 5) is 14.8. The second-order valence-electron chi connectivity index (χ2n) is 3.52. The van der Waals surface area contributed by atoms with E-state index in [0.29, 0.717) is 11.6 Å². The van der Waals surface area contributed by atoms with Crippen LogP contribution in [-0.4, -0.2) is 33.4 Å². The van der Waals surface area contributed by atoms with E-state index in [9.17, 15) is 4.79 Å². The van der Waals surface area contributed by atoms with Crippen LogP contribution in [0.5, 0.6) is 5.88 Å². The van der Waals surface area contributed by atoms with Crippen molar-refractivity contribution < 1.29 is 14.6 Å². The Kier molecular flexibility index (Phi) is 2.78. The molecule has 0 bridgehead atoms. The summed E-state index contributed by atoms with van der Waals surface area (Å²) in [5.74, 6) is -0.496. The Bertz CT molecular complexity index is 563. The fourth-order valence-corrected chi connectivity index (χ4v) is 1.50. The molecule has 0 fully saturated rings. The van der Waals surface area contributed by atoms with Gasteiger partial charge in [-0.05, 0) is 19.1 Å². The zero-order valence-corrected chi connectivity index (χ0v) is 9.39. The molecule has 0 aromatic carbocycles. The van der Waals surface area contributed by atoms with Crippen LogP contribution in [0.15, 0.2) is 18.3 Å². The van der Waals surface area contributed by atoms with E-state index in [1.165, 1.54) is 6.07 Å². The minimum atomic E-state index is -1.04. The number of H-pyrrole nitrogens is 1. The van der Waals surface area contributed by atoms with Gasteiger partial charge in [-0.3, -0.25) is 5.10 Å². The first-order valence-corrected chi connectivity index (χ1v) is 4.91. The average Bonchev–Trinajstić information content (AvgIpc) is 2.78. The zero-order chi connectivity index (χ0) is 12.4. The molecule has 6 heteroatoms. The number of pyridine rings is 1. The van der Waals surface area contributed by atoms with Crippen molar-refractivity contribution in [2.24, 2.45) is 0 Å². The molecule has 6 nitrogen and oxygen atoms in total. The summed E-state index contributed by atoms with van der Waals surface area (Å²) in [5, 5.41) is 15.1. The molecule has 0 unspecified atom stereocenters. The molecule has 2 N–H and O–H groups in total. The van der Waals surface area contributed by atoms with E-state index < -0.39 is 5.97 Å². The quantitative estimate of drug-likeness (QED) is 0.838. The molecule has 17 heavy (non-hydrogen) atoms. The lowest BCUT2D eigenvalue weighted by Crippen LogP contribution is -1.95. The van der Waals surface area contributed by atoms with Gasteiger partial charge in [-0.1, -0.05) is 0 Å². The van der Waals surface area contributed by atoms with Gasteiger partial charge in [0, 0.05) is 17.3 Å². The Hall–Kier alpha value is -2.37. The molecule has 0 atom stereocenters. The zero-order valence-electron chi connectivity index (χ0n) is 9.39. The number of aromatic nitrogens is 3. The fourth-order valence-electron chi connectivity index (χ4n) is 1.50. The van der Waals surface area contributed by atoms with Crippen molar-refractivity contribution in [1.29, 1.82) is 0 Å². The van der Waals surface area contributed by atoms with E-state index >= 15 is 0 Å². The summed E-state index contributed by atoms with van der Waals surface area (Å²) in [5.41, 5.74) is 2.20. The molecule has 0 aliphatic heterocycles. The molecule has 2 aromatic rings. The van der Waals surface area contributed by atoms with Crippen molar-refractivity contribution in [3.8, 4) is 17.1 Å². The number of aryl methyl sites for hydroxylation is 1. The molecule has 2 aromatic heterocycles. The van der Waals surface area contributed by atoms with Crippen molar-refractivity contribution in [3.05, 3.63) is 29.6 Å². The van der Waals surface area contributed by atoms with Crippen molar-refractivity contribution >= 4 is 5.97 Å². The Labute approximate surface area is 97.3 Å². The van der Waals surface area contributed by atoms with E-state index in [-0.39, 0.29) is 5.69 Å². The van der Waals surface area contributed by atoms with E-state index in [1.54, 1.807) is 13.3 Å². The standard InChI is InChI=1S/C11H11N3O3/c1-6-3-7(5-12-10(6)17-2)8-4-9(11(15)16)14-13-8/h3-5H,1-2H3,(H,13,14)(H,15,16). The van der Waals surface area contributed by atoms with Crippen molar-refractivity contribution in [2.45, 2.75) is 6.92 Å². The second-order valence-corrected chi connectivity index (χ2v) is 3.52. The van der Waals surface area contributed by atoms with Gasteiger partial charge in [0.15, 0.2) is 0 Å². The van der Waals surface area contributed by atoms with Crippen LogP contribution in [0, 0.1) is 6.92 Å². The Morgan fingerprint density at radius 2 is 2.24 bits per heavy atom. The lowest BCUT2D eigenvalue weighted by molar-refractivity contribution is 0.0690. The topological polar surface area (TPSA) is 88.1 Å². The molecule has 0 aliphatic rings. The number of carbonyl (C=O) groups is 1. The third-order valence-electron chi connectivity index (χ3n) is 2.33. The number of hydrogen-bond acceptors (Lipinski definition) is 4. The largest absolute Gasteiger partial charge is 0.481 e. The molecular weight excluding hydrogens is 222 g/mol. The number of nitrogens with one attached hydrogen (secondary N) is 1. The minimum Gasteiger partial charge on any atom is -0.481 e. The van der Waals surface area contributed by atoms with E-state index in [4.69, 9.17) is 9.84 Å². The number of rotatable bonds is 3. The van der Waals surface area contributed by atoms with Gasteiger partial charge in [-0.15, -0.1) is 0 Å². The highest BCUT2D eigenvalue weighted by atomic mass is 16.5. The summed E-state index contributed by atoms with van der Waals surface area (Å²) in [7, 11) is 1.55. The predicted molar refractivity (Wildman–Crippen MR) is 60.1 cm³/mol. The van der Waals surface area contributed by atoms with Gasteiger partial charge in [-0.2, -0.15) is 5.10 Å². The van der Waals surface area contributed by atoms with Crippen LogP contribution >= 0.6 is 0 Å². The normalized spacial score (nSPS) is 10.2. The molecule has 0 radical (unpaired) electrons. The third kappa shape index (κ3) is 2.10. The van der Waals surface area contributed by atoms with Crippen LogP contribution in [0.2, 0.25) is 0 Å². The lowest BCUT2D eigenvalue weighted by Gasteiger charge is -2.03. The summed E-state index contributed by atoms with van der Waals surface area (Å²) in [6.45, 7) is 1.86. The maximum atomic E-state index is 10.7. The Balaban J connectivity index is 2.39. The summed E-state index contributed by atoms with van der Waals surface area (Å²) >= 11 is 0. The van der Waals surface area contributed by atoms with Gasteiger partial charge in [0.25, 0.3) is 0 Å². The number of nitrogens with zero attached hydrogens (tertiary/aromatic N) is 2. The van der Waals surface area contributed by atoms with E-state index in [1.807, 2.05) is 13.0 Å². The molecule has 0 spiro atoms. The first kappa shape index (κ1) is 11.1. The average molecular weight is 233 g/mol. The molecular formula is C11H11N3O3. The Morgan fingerprint density at radius 1 is 1.47 bits per heavy atom. The van der Waals surface area contributed by atoms with Crippen molar-refractivity contribution in [2.75, 3.05) is 7.11 Å². The van der Waals surface area contributed by atoms with Gasteiger partial charge >= 0.3 is 5.97 Å². The summed E-state index contributed by atoms with van der Waals surface area (Å²) in [6, 6.07) is 3.30. The van der Waals surface area contributed by atoms with Crippen LogP contribution in [0.4, 0.5) is 0 Å². The van der Waals surface area contributed by atoms with Crippen LogP contribution in [-0.2, 0) is 0 Å². The highest BCUT2D eigenvalue weighted by Crippen LogP contribution is 2.22.